The van der Waals surface area contributed by atoms with Crippen LogP contribution >= 0.6 is 11.8 Å². The number of benzene rings is 2. The van der Waals surface area contributed by atoms with Gasteiger partial charge in [0.15, 0.2) is 6.10 Å². The van der Waals surface area contributed by atoms with Gasteiger partial charge in [-0.3, -0.25) is 24.1 Å². The summed E-state index contributed by atoms with van der Waals surface area (Å²) in [5, 5.41) is 15.0. The number of rotatable bonds is 16. The van der Waals surface area contributed by atoms with E-state index in [1.807, 2.05) is 42.1 Å². The topological polar surface area (TPSA) is 184 Å². The number of nitrogens with one attached hydrogen (secondary N) is 5. The number of carbonyl (C=O) groups is 5. The van der Waals surface area contributed by atoms with Crippen LogP contribution in [0.25, 0.3) is 0 Å². The van der Waals surface area contributed by atoms with Crippen molar-refractivity contribution in [2.24, 2.45) is 5.73 Å². The van der Waals surface area contributed by atoms with E-state index < -0.39 is 30.0 Å². The Morgan fingerprint density at radius 1 is 0.939 bits per heavy atom. The smallest absolute Gasteiger partial charge is 0.315 e. The highest BCUT2D eigenvalue weighted by Gasteiger charge is 2.43. The van der Waals surface area contributed by atoms with Crippen molar-refractivity contribution in [1.82, 2.24) is 26.6 Å². The van der Waals surface area contributed by atoms with E-state index >= 15 is 0 Å². The summed E-state index contributed by atoms with van der Waals surface area (Å²) < 4.78 is 6.34. The SMILES string of the molecule is C[C@H](N)C(=O)N[C@H]1C(=O)N(CC(=O)NCCCCCNC(=O)CCCC[C@@H]2SC[C@@H]3NC(=O)N[C@@H]32)c2ccccc2O[C@H]1c1ccccc1. The van der Waals surface area contributed by atoms with Crippen LogP contribution in [0, 0.1) is 0 Å². The number of nitrogens with two attached hydrogens (primary N) is 1. The first-order chi connectivity index (χ1) is 23.7. The van der Waals surface area contributed by atoms with Gasteiger partial charge >= 0.3 is 6.03 Å². The molecule has 2 saturated heterocycles. The number of ether oxygens (including phenoxy) is 1. The second-order valence-electron chi connectivity index (χ2n) is 12.7. The minimum absolute atomic E-state index is 0.0392. The van der Waals surface area contributed by atoms with Crippen molar-refractivity contribution < 1.29 is 28.7 Å². The summed E-state index contributed by atoms with van der Waals surface area (Å²) in [7, 11) is 0. The highest BCUT2D eigenvalue weighted by Crippen LogP contribution is 2.38. The first-order valence-electron chi connectivity index (χ1n) is 17.1. The maximum atomic E-state index is 14.0. The summed E-state index contributed by atoms with van der Waals surface area (Å²) in [6.07, 6.45) is 4.70. The van der Waals surface area contributed by atoms with Crippen LogP contribution in [-0.2, 0) is 19.2 Å². The Morgan fingerprint density at radius 2 is 1.65 bits per heavy atom. The van der Waals surface area contributed by atoms with Crippen LogP contribution in [0.2, 0.25) is 0 Å². The predicted molar refractivity (Wildman–Crippen MR) is 188 cm³/mol. The van der Waals surface area contributed by atoms with Crippen LogP contribution in [0.5, 0.6) is 5.75 Å². The van der Waals surface area contributed by atoms with Crippen molar-refractivity contribution in [2.75, 3.05) is 30.3 Å². The Morgan fingerprint density at radius 3 is 2.41 bits per heavy atom. The molecule has 3 heterocycles. The molecule has 0 radical (unpaired) electrons. The molecule has 2 aromatic rings. The van der Waals surface area contributed by atoms with E-state index in [1.54, 1.807) is 24.3 Å². The van der Waals surface area contributed by atoms with Crippen LogP contribution in [0.3, 0.4) is 0 Å². The van der Waals surface area contributed by atoms with E-state index in [1.165, 1.54) is 11.8 Å². The third-order valence-electron chi connectivity index (χ3n) is 8.96. The van der Waals surface area contributed by atoms with Gasteiger partial charge in [-0.05, 0) is 56.7 Å². The van der Waals surface area contributed by atoms with E-state index in [4.69, 9.17) is 10.5 Å². The number of amides is 6. The lowest BCUT2D eigenvalue weighted by Gasteiger charge is -2.28. The van der Waals surface area contributed by atoms with E-state index in [0.29, 0.717) is 48.2 Å². The summed E-state index contributed by atoms with van der Waals surface area (Å²) >= 11 is 1.89. The Kier molecular flexibility index (Phi) is 12.8. The lowest BCUT2D eigenvalue weighted by molar-refractivity contribution is -0.130. The molecule has 7 N–H and O–H groups in total. The monoisotopic (exact) mass is 693 g/mol. The third kappa shape index (κ3) is 9.66. The van der Waals surface area contributed by atoms with Gasteiger partial charge in [0.25, 0.3) is 5.91 Å². The fraction of sp³-hybridized carbons (Fsp3) is 0.514. The van der Waals surface area contributed by atoms with Crippen LogP contribution in [0.15, 0.2) is 54.6 Å². The summed E-state index contributed by atoms with van der Waals surface area (Å²) in [5.41, 5.74) is 6.95. The largest absolute Gasteiger partial charge is 0.481 e. The maximum absolute atomic E-state index is 14.0. The molecule has 49 heavy (non-hydrogen) atoms. The fourth-order valence-electron chi connectivity index (χ4n) is 6.33. The van der Waals surface area contributed by atoms with Gasteiger partial charge in [-0.25, -0.2) is 4.79 Å². The van der Waals surface area contributed by atoms with Gasteiger partial charge in [-0.2, -0.15) is 11.8 Å². The summed E-state index contributed by atoms with van der Waals surface area (Å²) in [6, 6.07) is 14.5. The minimum Gasteiger partial charge on any atom is -0.481 e. The van der Waals surface area contributed by atoms with E-state index in [9.17, 15) is 24.0 Å². The zero-order chi connectivity index (χ0) is 34.8. The Bertz CT molecular complexity index is 1480. The molecule has 6 atom stereocenters. The third-order valence-corrected chi connectivity index (χ3v) is 10.5. The van der Waals surface area contributed by atoms with Crippen molar-refractivity contribution in [1.29, 1.82) is 0 Å². The standard InChI is InChI=1S/C35H47N7O6S/c1-22(36)33(45)40-31-32(23-12-4-2-5-13-23)48-26-15-7-6-14-25(26)42(34(31)46)20-29(44)38-19-11-3-10-18-37-28(43)17-9-8-16-27-30-24(21-49-27)39-35(47)41-30/h2,4-7,12-15,22,24,27,30-32H,3,8-11,16-21,36H2,1H3,(H,37,43)(H,38,44)(H,40,45)(H2,39,41,47)/t22-,24-,27-,30-,31+,32-/m0/s1. The molecule has 13 nitrogen and oxygen atoms in total. The normalized spacial score (nSPS) is 23.2. The summed E-state index contributed by atoms with van der Waals surface area (Å²) in [4.78, 5) is 65.0. The number of hydrogen-bond donors (Lipinski definition) is 6. The van der Waals surface area contributed by atoms with Gasteiger partial charge in [0.1, 0.15) is 18.3 Å². The molecule has 264 valence electrons. The van der Waals surface area contributed by atoms with Gasteiger partial charge in [-0.1, -0.05) is 48.9 Å². The molecule has 3 aliphatic heterocycles. The van der Waals surface area contributed by atoms with Crippen molar-refractivity contribution in [3.63, 3.8) is 0 Å². The number of thioether (sulfide) groups is 1. The Labute approximate surface area is 291 Å². The molecule has 2 fully saturated rings. The number of fused-ring (bicyclic) bond motifs is 2. The van der Waals surface area contributed by atoms with Gasteiger partial charge in [0.05, 0.1) is 23.8 Å². The first-order valence-corrected chi connectivity index (χ1v) is 18.2. The highest BCUT2D eigenvalue weighted by atomic mass is 32.2. The highest BCUT2D eigenvalue weighted by molar-refractivity contribution is 8.00. The quantitative estimate of drug-likeness (QED) is 0.114. The van der Waals surface area contributed by atoms with E-state index in [-0.39, 0.29) is 36.5 Å². The zero-order valence-corrected chi connectivity index (χ0v) is 28.6. The number of hydrogen-bond acceptors (Lipinski definition) is 8. The fourth-order valence-corrected chi connectivity index (χ4v) is 7.88. The number of unbranched alkanes of at least 4 members (excludes halogenated alkanes) is 3. The molecule has 0 aromatic heterocycles. The van der Waals surface area contributed by atoms with Crippen LogP contribution < -0.4 is 42.0 Å². The lowest BCUT2D eigenvalue weighted by Crippen LogP contribution is -2.55. The van der Waals surface area contributed by atoms with Crippen molar-refractivity contribution in [2.45, 2.75) is 87.4 Å². The van der Waals surface area contributed by atoms with Crippen molar-refractivity contribution in [3.8, 4) is 5.75 Å². The van der Waals surface area contributed by atoms with E-state index in [2.05, 4.69) is 26.6 Å². The molecule has 5 rings (SSSR count). The maximum Gasteiger partial charge on any atom is 0.315 e. The van der Waals surface area contributed by atoms with Gasteiger partial charge < -0.3 is 37.1 Å². The van der Waals surface area contributed by atoms with Crippen molar-refractivity contribution >= 4 is 47.1 Å². The number of urea groups is 1. The molecule has 0 saturated carbocycles. The minimum atomic E-state index is -1.12. The first kappa shape index (κ1) is 36.0. The van der Waals surface area contributed by atoms with E-state index in [0.717, 1.165) is 37.9 Å². The van der Waals surface area contributed by atoms with Crippen LogP contribution in [0.1, 0.15) is 63.5 Å². The number of para-hydroxylation sites is 2. The number of carbonyl (C=O) groups excluding carboxylic acids is 5. The molecule has 3 aliphatic rings. The molecule has 14 heteroatoms. The lowest BCUT2D eigenvalue weighted by atomic mass is 10.0. The van der Waals surface area contributed by atoms with Gasteiger partial charge in [-0.15, -0.1) is 0 Å². The molecule has 0 unspecified atom stereocenters. The molecular weight excluding hydrogens is 646 g/mol. The van der Waals surface area contributed by atoms with Gasteiger partial charge in [0.2, 0.25) is 17.7 Å². The number of anilines is 1. The second-order valence-corrected chi connectivity index (χ2v) is 14.0. The average Bonchev–Trinajstić information content (AvgIpc) is 3.62. The molecule has 0 aliphatic carbocycles. The van der Waals surface area contributed by atoms with Crippen LogP contribution in [-0.4, -0.2) is 84.5 Å². The Balaban J connectivity index is 1.03. The molecule has 0 spiro atoms. The Hall–Kier alpha value is -4.30. The van der Waals surface area contributed by atoms with Crippen molar-refractivity contribution in [3.05, 3.63) is 60.2 Å². The average molecular weight is 694 g/mol. The van der Waals surface area contributed by atoms with Gasteiger partial charge in [0, 0.05) is 30.5 Å². The molecule has 0 bridgehead atoms. The molecular formula is C35H47N7O6S. The predicted octanol–water partition coefficient (Wildman–Crippen LogP) is 2.11. The zero-order valence-electron chi connectivity index (χ0n) is 27.8. The number of nitrogens with zero attached hydrogens (tertiary/aromatic N) is 1. The molecule has 2 aromatic carbocycles. The second kappa shape index (κ2) is 17.4. The molecule has 6 amide bonds. The summed E-state index contributed by atoms with van der Waals surface area (Å²) in [6.45, 7) is 2.27. The summed E-state index contributed by atoms with van der Waals surface area (Å²) in [5.74, 6) is 0.0586. The van der Waals surface area contributed by atoms with Crippen LogP contribution in [0.4, 0.5) is 10.5 Å².